The van der Waals surface area contributed by atoms with Crippen molar-refractivity contribution in [2.24, 2.45) is 5.73 Å². The Morgan fingerprint density at radius 2 is 1.87 bits per heavy atom. The van der Waals surface area contributed by atoms with Crippen LogP contribution in [0.2, 0.25) is 0 Å². The van der Waals surface area contributed by atoms with Crippen LogP contribution < -0.4 is 11.1 Å². The fourth-order valence-corrected chi connectivity index (χ4v) is 0.898. The summed E-state index contributed by atoms with van der Waals surface area (Å²) in [5.41, 5.74) is 5.24. The Hall–Kier alpha value is -1.63. The van der Waals surface area contributed by atoms with E-state index in [1.54, 1.807) is 6.92 Å². The topological polar surface area (TPSA) is 130 Å². The van der Waals surface area contributed by atoms with Crippen molar-refractivity contribution in [2.45, 2.75) is 31.8 Å². The van der Waals surface area contributed by atoms with Crippen molar-refractivity contribution in [1.29, 1.82) is 0 Å². The molecule has 1 amide bonds. The van der Waals surface area contributed by atoms with Crippen LogP contribution in [0.5, 0.6) is 0 Å². The van der Waals surface area contributed by atoms with Crippen LogP contribution >= 0.6 is 0 Å². The van der Waals surface area contributed by atoms with E-state index in [1.807, 2.05) is 0 Å². The van der Waals surface area contributed by atoms with E-state index in [0.717, 1.165) is 0 Å². The van der Waals surface area contributed by atoms with Gasteiger partial charge in [0.25, 0.3) is 0 Å². The first-order valence-corrected chi connectivity index (χ1v) is 4.39. The summed E-state index contributed by atoms with van der Waals surface area (Å²) in [5, 5.41) is 19.1. The molecule has 0 aromatic carbocycles. The number of hydrogen-bond acceptors (Lipinski definition) is 4. The normalized spacial score (nSPS) is 14.0. The van der Waals surface area contributed by atoms with E-state index in [2.05, 4.69) is 5.32 Å². The summed E-state index contributed by atoms with van der Waals surface area (Å²) in [5.74, 6) is -3.15. The summed E-state index contributed by atoms with van der Waals surface area (Å²) >= 11 is 0. The monoisotopic (exact) mass is 218 g/mol. The number of nitrogens with one attached hydrogen (secondary N) is 1. The van der Waals surface area contributed by atoms with Gasteiger partial charge in [-0.2, -0.15) is 0 Å². The molecular formula is C8H14N2O5. The lowest BCUT2D eigenvalue weighted by atomic mass is 10.1. The Morgan fingerprint density at radius 1 is 1.33 bits per heavy atom. The first-order chi connectivity index (χ1) is 6.88. The lowest BCUT2D eigenvalue weighted by Gasteiger charge is -2.15. The van der Waals surface area contributed by atoms with E-state index in [1.165, 1.54) is 0 Å². The maximum absolute atomic E-state index is 11.2. The van der Waals surface area contributed by atoms with Gasteiger partial charge in [-0.05, 0) is 6.42 Å². The zero-order chi connectivity index (χ0) is 12.0. The number of carboxylic acids is 2. The van der Waals surface area contributed by atoms with E-state index in [4.69, 9.17) is 15.9 Å². The van der Waals surface area contributed by atoms with Gasteiger partial charge in [0.1, 0.15) is 6.04 Å². The van der Waals surface area contributed by atoms with Crippen molar-refractivity contribution in [1.82, 2.24) is 5.32 Å². The Balaban J connectivity index is 4.21. The molecule has 7 heteroatoms. The lowest BCUT2D eigenvalue weighted by Crippen LogP contribution is -2.48. The summed E-state index contributed by atoms with van der Waals surface area (Å²) in [7, 11) is 0. The van der Waals surface area contributed by atoms with Gasteiger partial charge in [0.15, 0.2) is 0 Å². The van der Waals surface area contributed by atoms with Crippen molar-refractivity contribution in [2.75, 3.05) is 0 Å². The molecule has 0 aliphatic heterocycles. The van der Waals surface area contributed by atoms with Crippen LogP contribution in [-0.4, -0.2) is 40.1 Å². The highest BCUT2D eigenvalue weighted by Crippen LogP contribution is 1.94. The molecule has 1 unspecified atom stereocenters. The molecule has 2 atom stereocenters. The molecule has 0 heterocycles. The van der Waals surface area contributed by atoms with E-state index in [-0.39, 0.29) is 6.42 Å². The summed E-state index contributed by atoms with van der Waals surface area (Å²) in [4.78, 5) is 32.0. The van der Waals surface area contributed by atoms with Crippen LogP contribution in [0.4, 0.5) is 0 Å². The molecule has 0 aromatic rings. The second-order valence-electron chi connectivity index (χ2n) is 3.01. The minimum absolute atomic E-state index is 0.209. The maximum Gasteiger partial charge on any atom is 0.326 e. The number of rotatable bonds is 6. The molecule has 0 rings (SSSR count). The average Bonchev–Trinajstić information content (AvgIpc) is 2.11. The Bertz CT molecular complexity index is 266. The highest BCUT2D eigenvalue weighted by molar-refractivity contribution is 5.89. The standard InChI is InChI=1S/C8H14N2O5/c1-2-5(8(14)15)10-7(13)4(9)3-6(11)12/h4-5H,2-3,9H2,1H3,(H,10,13)(H,11,12)(H,14,15)/t4?,5-/m1/s1. The van der Waals surface area contributed by atoms with Gasteiger partial charge in [0.05, 0.1) is 12.5 Å². The van der Waals surface area contributed by atoms with Crippen LogP contribution in [0.3, 0.4) is 0 Å². The van der Waals surface area contributed by atoms with Gasteiger partial charge in [-0.15, -0.1) is 0 Å². The van der Waals surface area contributed by atoms with Crippen molar-refractivity contribution >= 4 is 17.8 Å². The third-order valence-electron chi connectivity index (χ3n) is 1.75. The van der Waals surface area contributed by atoms with Gasteiger partial charge >= 0.3 is 11.9 Å². The Kier molecular flexibility index (Phi) is 5.32. The fraction of sp³-hybridized carbons (Fsp3) is 0.625. The number of aliphatic carboxylic acids is 2. The summed E-state index contributed by atoms with van der Waals surface area (Å²) < 4.78 is 0. The smallest absolute Gasteiger partial charge is 0.326 e. The zero-order valence-electron chi connectivity index (χ0n) is 8.27. The van der Waals surface area contributed by atoms with E-state index in [0.29, 0.717) is 0 Å². The zero-order valence-corrected chi connectivity index (χ0v) is 8.27. The van der Waals surface area contributed by atoms with Crippen LogP contribution in [0.25, 0.3) is 0 Å². The summed E-state index contributed by atoms with van der Waals surface area (Å²) in [6.45, 7) is 1.59. The number of carbonyl (C=O) groups is 3. The molecule has 7 nitrogen and oxygen atoms in total. The van der Waals surface area contributed by atoms with Gasteiger partial charge < -0.3 is 21.3 Å². The van der Waals surface area contributed by atoms with E-state index < -0.39 is 36.4 Å². The second-order valence-corrected chi connectivity index (χ2v) is 3.01. The molecule has 0 saturated heterocycles. The minimum Gasteiger partial charge on any atom is -0.481 e. The third kappa shape index (κ3) is 4.96. The van der Waals surface area contributed by atoms with Gasteiger partial charge in [0, 0.05) is 0 Å². The number of hydrogen-bond donors (Lipinski definition) is 4. The number of nitrogens with two attached hydrogens (primary N) is 1. The predicted molar refractivity (Wildman–Crippen MR) is 50.1 cm³/mol. The molecule has 0 radical (unpaired) electrons. The largest absolute Gasteiger partial charge is 0.481 e. The van der Waals surface area contributed by atoms with Crippen molar-refractivity contribution < 1.29 is 24.6 Å². The first kappa shape index (κ1) is 13.4. The van der Waals surface area contributed by atoms with Gasteiger partial charge in [-0.3, -0.25) is 9.59 Å². The molecule has 86 valence electrons. The Labute approximate surface area is 86.3 Å². The molecule has 0 aromatic heterocycles. The van der Waals surface area contributed by atoms with Crippen molar-refractivity contribution in [3.63, 3.8) is 0 Å². The molecule has 15 heavy (non-hydrogen) atoms. The highest BCUT2D eigenvalue weighted by Gasteiger charge is 2.22. The molecule has 0 fully saturated rings. The molecule has 0 aliphatic carbocycles. The van der Waals surface area contributed by atoms with Gasteiger partial charge in [-0.1, -0.05) is 6.92 Å². The average molecular weight is 218 g/mol. The van der Waals surface area contributed by atoms with Crippen LogP contribution in [0.1, 0.15) is 19.8 Å². The molecule has 0 bridgehead atoms. The summed E-state index contributed by atoms with van der Waals surface area (Å²) in [6, 6.07) is -2.26. The lowest BCUT2D eigenvalue weighted by molar-refractivity contribution is -0.142. The van der Waals surface area contributed by atoms with Crippen LogP contribution in [0.15, 0.2) is 0 Å². The SMILES string of the molecule is CC[C@@H](NC(=O)C(N)CC(=O)O)C(=O)O. The van der Waals surface area contributed by atoms with Gasteiger partial charge in [-0.25, -0.2) is 4.79 Å². The number of amides is 1. The van der Waals surface area contributed by atoms with Crippen LogP contribution in [-0.2, 0) is 14.4 Å². The van der Waals surface area contributed by atoms with Crippen molar-refractivity contribution in [3.05, 3.63) is 0 Å². The van der Waals surface area contributed by atoms with E-state index >= 15 is 0 Å². The molecule has 0 spiro atoms. The molecule has 0 saturated carbocycles. The van der Waals surface area contributed by atoms with Crippen LogP contribution in [0, 0.1) is 0 Å². The maximum atomic E-state index is 11.2. The van der Waals surface area contributed by atoms with E-state index in [9.17, 15) is 14.4 Å². The number of carbonyl (C=O) groups excluding carboxylic acids is 1. The first-order valence-electron chi connectivity index (χ1n) is 4.39. The third-order valence-corrected chi connectivity index (χ3v) is 1.75. The second kappa shape index (κ2) is 5.97. The van der Waals surface area contributed by atoms with Gasteiger partial charge in [0.2, 0.25) is 5.91 Å². The quantitative estimate of drug-likeness (QED) is 0.441. The Morgan fingerprint density at radius 3 is 2.20 bits per heavy atom. The summed E-state index contributed by atoms with van der Waals surface area (Å²) in [6.07, 6.45) is -0.317. The number of carboxylic acid groups (broad SMARTS) is 2. The predicted octanol–water partition coefficient (Wildman–Crippen LogP) is -1.23. The molecule has 5 N–H and O–H groups in total. The fourth-order valence-electron chi connectivity index (χ4n) is 0.898. The highest BCUT2D eigenvalue weighted by atomic mass is 16.4. The molecular weight excluding hydrogens is 204 g/mol. The minimum atomic E-state index is -1.23. The molecule has 0 aliphatic rings. The van der Waals surface area contributed by atoms with Crippen molar-refractivity contribution in [3.8, 4) is 0 Å².